The number of fused-ring (bicyclic) bond motifs is 2. The van der Waals surface area contributed by atoms with Gasteiger partial charge in [-0.3, -0.25) is 0 Å². The van der Waals surface area contributed by atoms with Gasteiger partial charge in [-0.1, -0.05) is 18.0 Å². The summed E-state index contributed by atoms with van der Waals surface area (Å²) in [5, 5.41) is 0.0320. The second-order valence-corrected chi connectivity index (χ2v) is 5.87. The van der Waals surface area contributed by atoms with Crippen LogP contribution in [0.1, 0.15) is 31.2 Å². The van der Waals surface area contributed by atoms with E-state index in [0.29, 0.717) is 18.3 Å². The lowest BCUT2D eigenvalue weighted by Crippen LogP contribution is -2.15. The first kappa shape index (κ1) is 11.5. The molecule has 2 aliphatic carbocycles. The van der Waals surface area contributed by atoms with Crippen LogP contribution in [-0.2, 0) is 6.42 Å². The van der Waals surface area contributed by atoms with E-state index in [1.54, 1.807) is 0 Å². The third-order valence-corrected chi connectivity index (χ3v) is 4.78. The van der Waals surface area contributed by atoms with Gasteiger partial charge in [0.15, 0.2) is 0 Å². The molecule has 3 rings (SSSR count). The van der Waals surface area contributed by atoms with Crippen molar-refractivity contribution < 1.29 is 8.78 Å². The Kier molecular flexibility index (Phi) is 2.86. The summed E-state index contributed by atoms with van der Waals surface area (Å²) in [4.78, 5) is 0. The second kappa shape index (κ2) is 4.24. The normalized spacial score (nSPS) is 31.1. The van der Waals surface area contributed by atoms with E-state index in [4.69, 9.17) is 11.6 Å². The monoisotopic (exact) mass is 256 g/mol. The molecule has 1 aromatic rings. The van der Waals surface area contributed by atoms with Crippen molar-refractivity contribution in [2.24, 2.45) is 17.8 Å². The zero-order valence-corrected chi connectivity index (χ0v) is 10.3. The first-order valence-corrected chi connectivity index (χ1v) is 6.65. The first-order valence-electron chi connectivity index (χ1n) is 6.27. The highest BCUT2D eigenvalue weighted by Gasteiger charge is 2.39. The van der Waals surface area contributed by atoms with Crippen LogP contribution < -0.4 is 0 Å². The Bertz CT molecular complexity index is 444. The number of hydrogen-bond acceptors (Lipinski definition) is 0. The predicted octanol–water partition coefficient (Wildman–Crippen LogP) is 4.60. The quantitative estimate of drug-likeness (QED) is 0.679. The molecule has 0 aliphatic heterocycles. The average Bonchev–Trinajstić information content (AvgIpc) is 2.91. The molecule has 0 radical (unpaired) electrons. The fourth-order valence-corrected chi connectivity index (χ4v) is 3.82. The Balaban J connectivity index is 1.83. The largest absolute Gasteiger partial charge is 0.207 e. The highest BCUT2D eigenvalue weighted by molar-refractivity contribution is 6.30. The van der Waals surface area contributed by atoms with Gasteiger partial charge in [-0.2, -0.15) is 0 Å². The molecule has 3 unspecified atom stereocenters. The van der Waals surface area contributed by atoms with Crippen LogP contribution in [0.2, 0.25) is 5.02 Å². The van der Waals surface area contributed by atoms with Crippen LogP contribution in [0.3, 0.4) is 0 Å². The minimum Gasteiger partial charge on any atom is -0.207 e. The number of halogens is 3. The summed E-state index contributed by atoms with van der Waals surface area (Å²) in [5.41, 5.74) is 0.190. The SMILES string of the molecule is Fc1ccc(Cl)c(F)c1CC1CC2CCC1C2. The predicted molar refractivity (Wildman–Crippen MR) is 64.0 cm³/mol. The smallest absolute Gasteiger partial charge is 0.147 e. The summed E-state index contributed by atoms with van der Waals surface area (Å²) in [5.74, 6) is 0.924. The van der Waals surface area contributed by atoms with Crippen LogP contribution in [-0.4, -0.2) is 0 Å². The van der Waals surface area contributed by atoms with Gasteiger partial charge in [-0.15, -0.1) is 0 Å². The van der Waals surface area contributed by atoms with Gasteiger partial charge in [0.25, 0.3) is 0 Å². The molecule has 0 nitrogen and oxygen atoms in total. The molecule has 2 fully saturated rings. The molecule has 0 heterocycles. The highest BCUT2D eigenvalue weighted by atomic mass is 35.5. The Morgan fingerprint density at radius 1 is 1.18 bits per heavy atom. The maximum Gasteiger partial charge on any atom is 0.147 e. The molecule has 0 N–H and O–H groups in total. The molecule has 0 saturated heterocycles. The fraction of sp³-hybridized carbons (Fsp3) is 0.571. The number of hydrogen-bond donors (Lipinski definition) is 0. The lowest BCUT2D eigenvalue weighted by molar-refractivity contribution is 0.324. The molecule has 0 spiro atoms. The summed E-state index contributed by atoms with van der Waals surface area (Å²) in [6, 6.07) is 2.56. The molecule has 0 amide bonds. The molecule has 3 heteroatoms. The zero-order chi connectivity index (χ0) is 12.0. The van der Waals surface area contributed by atoms with Crippen LogP contribution in [0.4, 0.5) is 8.78 Å². The van der Waals surface area contributed by atoms with Crippen molar-refractivity contribution in [1.29, 1.82) is 0 Å². The van der Waals surface area contributed by atoms with Gasteiger partial charge in [0, 0.05) is 5.56 Å². The summed E-state index contributed by atoms with van der Waals surface area (Å²) < 4.78 is 27.4. The molecule has 3 atom stereocenters. The van der Waals surface area contributed by atoms with E-state index in [1.165, 1.54) is 31.4 Å². The van der Waals surface area contributed by atoms with Crippen molar-refractivity contribution in [3.8, 4) is 0 Å². The summed E-state index contributed by atoms with van der Waals surface area (Å²) in [7, 11) is 0. The minimum absolute atomic E-state index is 0.0320. The molecule has 1 aromatic carbocycles. The highest BCUT2D eigenvalue weighted by Crippen LogP contribution is 2.49. The van der Waals surface area contributed by atoms with E-state index in [0.717, 1.165) is 12.3 Å². The molecular formula is C14H15ClF2. The molecule has 2 bridgehead atoms. The number of rotatable bonds is 2. The lowest BCUT2D eigenvalue weighted by atomic mass is 9.84. The van der Waals surface area contributed by atoms with E-state index in [1.807, 2.05) is 0 Å². The topological polar surface area (TPSA) is 0 Å². The maximum atomic E-state index is 13.8. The van der Waals surface area contributed by atoms with Crippen LogP contribution in [0.25, 0.3) is 0 Å². The van der Waals surface area contributed by atoms with E-state index >= 15 is 0 Å². The second-order valence-electron chi connectivity index (χ2n) is 5.46. The van der Waals surface area contributed by atoms with Crippen molar-refractivity contribution in [3.05, 3.63) is 34.4 Å². The Labute approximate surface area is 105 Å². The summed E-state index contributed by atoms with van der Waals surface area (Å²) in [6.45, 7) is 0. The molecule has 2 aliphatic rings. The van der Waals surface area contributed by atoms with Crippen molar-refractivity contribution in [2.75, 3.05) is 0 Å². The van der Waals surface area contributed by atoms with Gasteiger partial charge >= 0.3 is 0 Å². The molecule has 17 heavy (non-hydrogen) atoms. The standard InChI is InChI=1S/C14H15ClF2/c15-12-3-4-13(16)11(14(12)17)7-10-6-8-1-2-9(10)5-8/h3-4,8-10H,1-2,5-7H2. The average molecular weight is 257 g/mol. The fourth-order valence-electron chi connectivity index (χ4n) is 3.64. The molecular weight excluding hydrogens is 242 g/mol. The Morgan fingerprint density at radius 3 is 2.65 bits per heavy atom. The van der Waals surface area contributed by atoms with Crippen LogP contribution in [0.15, 0.2) is 12.1 Å². The lowest BCUT2D eigenvalue weighted by Gasteiger charge is -2.22. The van der Waals surface area contributed by atoms with E-state index in [9.17, 15) is 8.78 Å². The van der Waals surface area contributed by atoms with Crippen LogP contribution >= 0.6 is 11.6 Å². The van der Waals surface area contributed by atoms with E-state index < -0.39 is 11.6 Å². The maximum absolute atomic E-state index is 13.8. The van der Waals surface area contributed by atoms with Crippen molar-refractivity contribution in [3.63, 3.8) is 0 Å². The Morgan fingerprint density at radius 2 is 2.00 bits per heavy atom. The van der Waals surface area contributed by atoms with Gasteiger partial charge < -0.3 is 0 Å². The van der Waals surface area contributed by atoms with Gasteiger partial charge in [-0.25, -0.2) is 8.78 Å². The zero-order valence-electron chi connectivity index (χ0n) is 9.56. The number of benzene rings is 1. The summed E-state index contributed by atoms with van der Waals surface area (Å²) >= 11 is 5.71. The first-order chi connectivity index (χ1) is 8.15. The third kappa shape index (κ3) is 1.97. The van der Waals surface area contributed by atoms with Gasteiger partial charge in [0.05, 0.1) is 5.02 Å². The van der Waals surface area contributed by atoms with Crippen molar-refractivity contribution in [2.45, 2.75) is 32.1 Å². The molecule has 92 valence electrons. The Hall–Kier alpha value is -0.630. The van der Waals surface area contributed by atoms with E-state index in [2.05, 4.69) is 0 Å². The van der Waals surface area contributed by atoms with E-state index in [-0.39, 0.29) is 10.6 Å². The van der Waals surface area contributed by atoms with Gasteiger partial charge in [-0.05, 0) is 55.6 Å². The van der Waals surface area contributed by atoms with Crippen molar-refractivity contribution in [1.82, 2.24) is 0 Å². The van der Waals surface area contributed by atoms with Crippen LogP contribution in [0, 0.1) is 29.4 Å². The van der Waals surface area contributed by atoms with Gasteiger partial charge in [0.2, 0.25) is 0 Å². The molecule has 2 saturated carbocycles. The molecule has 0 aromatic heterocycles. The third-order valence-electron chi connectivity index (χ3n) is 4.49. The summed E-state index contributed by atoms with van der Waals surface area (Å²) in [6.07, 6.45) is 5.45. The van der Waals surface area contributed by atoms with Crippen molar-refractivity contribution >= 4 is 11.6 Å². The van der Waals surface area contributed by atoms with Crippen LogP contribution in [0.5, 0.6) is 0 Å². The van der Waals surface area contributed by atoms with Gasteiger partial charge in [0.1, 0.15) is 11.6 Å². The minimum atomic E-state index is -0.561.